The number of carbonyl (C=O) groups is 1. The van der Waals surface area contributed by atoms with Crippen molar-refractivity contribution < 1.29 is 4.79 Å². The number of anilines is 1. The van der Waals surface area contributed by atoms with Gasteiger partial charge in [-0.1, -0.05) is 42.0 Å². The standard InChI is InChI=1S/C24H23N3O2S/c1-15-11-17(3)23-19(12-15)16(2)13-22(29)27(23)10-9-21(28)26-24-25-20(14-30-24)18-7-5-4-6-8-18/h4-8,11-14H,9-10H2,1-3H3,(H,25,26,28). The Hall–Kier alpha value is -3.25. The van der Waals surface area contributed by atoms with E-state index in [1.807, 2.05) is 56.5 Å². The number of hydrogen-bond donors (Lipinski definition) is 1. The van der Waals surface area contributed by atoms with Crippen LogP contribution in [0.1, 0.15) is 23.1 Å². The van der Waals surface area contributed by atoms with Gasteiger partial charge in [-0.15, -0.1) is 11.3 Å². The van der Waals surface area contributed by atoms with E-state index in [0.717, 1.165) is 38.9 Å². The van der Waals surface area contributed by atoms with Gasteiger partial charge < -0.3 is 9.88 Å². The first kappa shape index (κ1) is 20.0. The molecule has 4 aromatic rings. The first-order valence-corrected chi connectivity index (χ1v) is 10.7. The summed E-state index contributed by atoms with van der Waals surface area (Å²) in [4.78, 5) is 29.7. The number of pyridine rings is 1. The zero-order valence-electron chi connectivity index (χ0n) is 17.2. The average Bonchev–Trinajstić information content (AvgIpc) is 3.17. The summed E-state index contributed by atoms with van der Waals surface area (Å²) in [5.74, 6) is -0.158. The molecule has 5 nitrogen and oxygen atoms in total. The van der Waals surface area contributed by atoms with Gasteiger partial charge in [0.15, 0.2) is 5.13 Å². The zero-order valence-corrected chi connectivity index (χ0v) is 18.0. The molecular formula is C24H23N3O2S. The second kappa shape index (κ2) is 8.24. The fourth-order valence-corrected chi connectivity index (χ4v) is 4.50. The second-order valence-electron chi connectivity index (χ2n) is 7.50. The molecule has 0 bridgehead atoms. The third-order valence-electron chi connectivity index (χ3n) is 5.13. The smallest absolute Gasteiger partial charge is 0.251 e. The predicted molar refractivity (Wildman–Crippen MR) is 123 cm³/mol. The highest BCUT2D eigenvalue weighted by molar-refractivity contribution is 7.14. The summed E-state index contributed by atoms with van der Waals surface area (Å²) < 4.78 is 1.70. The molecule has 6 heteroatoms. The Kier molecular flexibility index (Phi) is 5.50. The van der Waals surface area contributed by atoms with Crippen molar-refractivity contribution in [2.75, 3.05) is 5.32 Å². The molecule has 0 aliphatic heterocycles. The fraction of sp³-hybridized carbons (Fsp3) is 0.208. The van der Waals surface area contributed by atoms with Crippen LogP contribution in [0.15, 0.2) is 58.7 Å². The minimum absolute atomic E-state index is 0.0830. The van der Waals surface area contributed by atoms with E-state index in [1.165, 1.54) is 11.3 Å². The number of thiazole rings is 1. The first-order valence-electron chi connectivity index (χ1n) is 9.84. The maximum absolute atomic E-state index is 12.6. The molecule has 0 saturated carbocycles. The molecule has 2 aromatic heterocycles. The lowest BCUT2D eigenvalue weighted by atomic mass is 10.0. The second-order valence-corrected chi connectivity index (χ2v) is 8.36. The van der Waals surface area contributed by atoms with Crippen LogP contribution in [0, 0.1) is 20.8 Å². The van der Waals surface area contributed by atoms with Gasteiger partial charge in [-0.05, 0) is 38.0 Å². The van der Waals surface area contributed by atoms with Crippen LogP contribution in [-0.2, 0) is 11.3 Å². The molecule has 0 spiro atoms. The molecule has 0 aliphatic rings. The van der Waals surface area contributed by atoms with E-state index in [1.54, 1.807) is 10.6 Å². The van der Waals surface area contributed by atoms with E-state index >= 15 is 0 Å². The molecule has 0 aliphatic carbocycles. The Balaban J connectivity index is 1.52. The number of benzene rings is 2. The molecule has 4 rings (SSSR count). The summed E-state index contributed by atoms with van der Waals surface area (Å²) >= 11 is 1.39. The molecule has 0 atom stereocenters. The van der Waals surface area contributed by atoms with Crippen LogP contribution < -0.4 is 10.9 Å². The quantitative estimate of drug-likeness (QED) is 0.493. The predicted octanol–water partition coefficient (Wildman–Crippen LogP) is 5.08. The Morgan fingerprint density at radius 3 is 2.60 bits per heavy atom. The van der Waals surface area contributed by atoms with Crippen molar-refractivity contribution >= 4 is 33.3 Å². The van der Waals surface area contributed by atoms with Gasteiger partial charge in [-0.25, -0.2) is 4.98 Å². The third-order valence-corrected chi connectivity index (χ3v) is 5.89. The molecule has 152 valence electrons. The van der Waals surface area contributed by atoms with Crippen molar-refractivity contribution in [3.63, 3.8) is 0 Å². The average molecular weight is 418 g/mol. The normalized spacial score (nSPS) is 11.0. The van der Waals surface area contributed by atoms with Gasteiger partial charge >= 0.3 is 0 Å². The highest BCUT2D eigenvalue weighted by atomic mass is 32.1. The maximum atomic E-state index is 12.6. The third kappa shape index (κ3) is 4.04. The zero-order chi connectivity index (χ0) is 21.3. The molecule has 0 unspecified atom stereocenters. The van der Waals surface area contributed by atoms with Gasteiger partial charge in [-0.3, -0.25) is 9.59 Å². The number of aromatic nitrogens is 2. The van der Waals surface area contributed by atoms with Crippen molar-refractivity contribution in [1.82, 2.24) is 9.55 Å². The molecular weight excluding hydrogens is 394 g/mol. The van der Waals surface area contributed by atoms with Gasteiger partial charge in [0.1, 0.15) is 0 Å². The molecule has 0 saturated heterocycles. The summed E-state index contributed by atoms with van der Waals surface area (Å²) in [6.45, 7) is 6.33. The number of fused-ring (bicyclic) bond motifs is 1. The summed E-state index contributed by atoms with van der Waals surface area (Å²) in [6.07, 6.45) is 0.200. The minimum Gasteiger partial charge on any atom is -0.307 e. The van der Waals surface area contributed by atoms with E-state index in [2.05, 4.69) is 22.4 Å². The minimum atomic E-state index is -0.158. The summed E-state index contributed by atoms with van der Waals surface area (Å²) in [5, 5.41) is 6.40. The van der Waals surface area contributed by atoms with Crippen molar-refractivity contribution in [2.24, 2.45) is 0 Å². The molecule has 30 heavy (non-hydrogen) atoms. The number of aryl methyl sites for hydroxylation is 4. The van der Waals surface area contributed by atoms with E-state index in [0.29, 0.717) is 11.7 Å². The maximum Gasteiger partial charge on any atom is 0.251 e. The van der Waals surface area contributed by atoms with Gasteiger partial charge in [0.2, 0.25) is 5.91 Å². The van der Waals surface area contributed by atoms with Crippen LogP contribution in [0.5, 0.6) is 0 Å². The van der Waals surface area contributed by atoms with Gasteiger partial charge in [0, 0.05) is 35.4 Å². The number of nitrogens with one attached hydrogen (secondary N) is 1. The topological polar surface area (TPSA) is 64.0 Å². The summed E-state index contributed by atoms with van der Waals surface area (Å²) in [6, 6.07) is 15.6. The lowest BCUT2D eigenvalue weighted by molar-refractivity contribution is -0.116. The highest BCUT2D eigenvalue weighted by Gasteiger charge is 2.13. The Labute approximate surface area is 179 Å². The lowest BCUT2D eigenvalue weighted by Crippen LogP contribution is -2.24. The van der Waals surface area contributed by atoms with Gasteiger partial charge in [0.25, 0.3) is 5.56 Å². The lowest BCUT2D eigenvalue weighted by Gasteiger charge is -2.15. The van der Waals surface area contributed by atoms with Crippen molar-refractivity contribution in [2.45, 2.75) is 33.7 Å². The van der Waals surface area contributed by atoms with Crippen LogP contribution in [0.4, 0.5) is 5.13 Å². The molecule has 0 radical (unpaired) electrons. The fourth-order valence-electron chi connectivity index (χ4n) is 3.76. The first-order chi connectivity index (χ1) is 14.4. The van der Waals surface area contributed by atoms with E-state index in [9.17, 15) is 9.59 Å². The number of amides is 1. The number of rotatable bonds is 5. The van der Waals surface area contributed by atoms with E-state index in [4.69, 9.17) is 0 Å². The Morgan fingerprint density at radius 1 is 1.07 bits per heavy atom. The summed E-state index contributed by atoms with van der Waals surface area (Å²) in [5.41, 5.74) is 5.82. The SMILES string of the molecule is Cc1cc(C)c2c(c1)c(C)cc(=O)n2CCC(=O)Nc1nc(-c2ccccc2)cs1. The monoisotopic (exact) mass is 417 g/mol. The Morgan fingerprint density at radius 2 is 1.83 bits per heavy atom. The number of nitrogens with zero attached hydrogens (tertiary/aromatic N) is 2. The highest BCUT2D eigenvalue weighted by Crippen LogP contribution is 2.25. The molecule has 1 N–H and O–H groups in total. The molecule has 0 fully saturated rings. The van der Waals surface area contributed by atoms with Crippen LogP contribution in [-0.4, -0.2) is 15.5 Å². The Bertz CT molecular complexity index is 1290. The van der Waals surface area contributed by atoms with Crippen LogP contribution in [0.2, 0.25) is 0 Å². The van der Waals surface area contributed by atoms with E-state index in [-0.39, 0.29) is 17.9 Å². The van der Waals surface area contributed by atoms with Crippen LogP contribution in [0.25, 0.3) is 22.2 Å². The van der Waals surface area contributed by atoms with Gasteiger partial charge in [-0.2, -0.15) is 0 Å². The summed E-state index contributed by atoms with van der Waals surface area (Å²) in [7, 11) is 0. The number of hydrogen-bond acceptors (Lipinski definition) is 4. The molecule has 2 heterocycles. The number of carbonyl (C=O) groups excluding carboxylic acids is 1. The molecule has 1 amide bonds. The van der Waals surface area contributed by atoms with Crippen LogP contribution in [0.3, 0.4) is 0 Å². The van der Waals surface area contributed by atoms with Crippen molar-refractivity contribution in [3.05, 3.63) is 81.0 Å². The van der Waals surface area contributed by atoms with Gasteiger partial charge in [0.05, 0.1) is 11.2 Å². The van der Waals surface area contributed by atoms with Crippen molar-refractivity contribution in [1.29, 1.82) is 0 Å². The largest absolute Gasteiger partial charge is 0.307 e. The molecule has 2 aromatic carbocycles. The van der Waals surface area contributed by atoms with Crippen molar-refractivity contribution in [3.8, 4) is 11.3 Å². The van der Waals surface area contributed by atoms with E-state index < -0.39 is 0 Å². The van der Waals surface area contributed by atoms with Crippen LogP contribution >= 0.6 is 11.3 Å².